The number of rotatable bonds is 3. The molecule has 2 rings (SSSR count). The summed E-state index contributed by atoms with van der Waals surface area (Å²) in [6.07, 6.45) is 1.74. The zero-order valence-corrected chi connectivity index (χ0v) is 10.8. The molecule has 0 bridgehead atoms. The van der Waals surface area contributed by atoms with Crippen molar-refractivity contribution >= 4 is 11.6 Å². The number of hydrogen-bond acceptors (Lipinski definition) is 3. The van der Waals surface area contributed by atoms with E-state index in [4.69, 9.17) is 16.3 Å². The van der Waals surface area contributed by atoms with E-state index in [-0.39, 0.29) is 0 Å². The van der Waals surface area contributed by atoms with Crippen LogP contribution in [0.4, 0.5) is 0 Å². The summed E-state index contributed by atoms with van der Waals surface area (Å²) in [4.78, 5) is 0. The molecule has 0 spiro atoms. The summed E-state index contributed by atoms with van der Waals surface area (Å²) in [7, 11) is 0. The second-order valence-electron chi connectivity index (χ2n) is 4.39. The maximum Gasteiger partial charge on any atom is 0.137 e. The van der Waals surface area contributed by atoms with Gasteiger partial charge in [0.2, 0.25) is 0 Å². The Bertz CT molecular complexity index is 389. The van der Waals surface area contributed by atoms with E-state index in [0.717, 1.165) is 24.9 Å². The van der Waals surface area contributed by atoms with Crippen molar-refractivity contribution in [2.24, 2.45) is 0 Å². The lowest BCUT2D eigenvalue weighted by molar-refractivity contribution is 0.0123. The van der Waals surface area contributed by atoms with Gasteiger partial charge in [0, 0.05) is 6.54 Å². The molecular weight excluding hydrogens is 238 g/mol. The third-order valence-electron chi connectivity index (χ3n) is 3.13. The molecule has 2 N–H and O–H groups in total. The first-order valence-corrected chi connectivity index (χ1v) is 6.39. The minimum absolute atomic E-state index is 0.559. The number of aliphatic hydroxyl groups is 1. The Morgan fingerprint density at radius 1 is 1.53 bits per heavy atom. The quantitative estimate of drug-likeness (QED) is 0.871. The molecule has 1 aromatic rings. The molecule has 1 fully saturated rings. The fraction of sp³-hybridized carbons (Fsp3) is 0.538. The first-order chi connectivity index (χ1) is 8.15. The van der Waals surface area contributed by atoms with Gasteiger partial charge in [-0.05, 0) is 44.0 Å². The van der Waals surface area contributed by atoms with Crippen LogP contribution in [0.5, 0.6) is 5.75 Å². The fourth-order valence-corrected chi connectivity index (χ4v) is 2.43. The van der Waals surface area contributed by atoms with Gasteiger partial charge in [0.25, 0.3) is 0 Å². The molecule has 1 aliphatic rings. The normalized spacial score (nSPS) is 24.6. The van der Waals surface area contributed by atoms with E-state index in [9.17, 15) is 5.11 Å². The zero-order chi connectivity index (χ0) is 12.3. The van der Waals surface area contributed by atoms with Crippen molar-refractivity contribution in [2.45, 2.75) is 25.4 Å². The lowest BCUT2D eigenvalue weighted by Gasteiger charge is -2.33. The van der Waals surface area contributed by atoms with Gasteiger partial charge < -0.3 is 15.2 Å². The molecule has 0 aromatic heterocycles. The fourth-order valence-electron chi connectivity index (χ4n) is 2.20. The summed E-state index contributed by atoms with van der Waals surface area (Å²) in [5, 5.41) is 14.3. The second kappa shape index (κ2) is 5.25. The van der Waals surface area contributed by atoms with Crippen LogP contribution in [0, 0.1) is 0 Å². The van der Waals surface area contributed by atoms with Gasteiger partial charge in [-0.1, -0.05) is 17.7 Å². The lowest BCUT2D eigenvalue weighted by Crippen LogP contribution is -2.43. The highest BCUT2D eigenvalue weighted by molar-refractivity contribution is 6.32. The summed E-state index contributed by atoms with van der Waals surface area (Å²) < 4.78 is 5.38. The van der Waals surface area contributed by atoms with Crippen LogP contribution in [0.2, 0.25) is 5.02 Å². The van der Waals surface area contributed by atoms with Gasteiger partial charge in [0.1, 0.15) is 11.4 Å². The molecule has 0 saturated carbocycles. The Morgan fingerprint density at radius 2 is 2.35 bits per heavy atom. The molecule has 0 aliphatic carbocycles. The first kappa shape index (κ1) is 12.7. The maximum atomic E-state index is 10.5. The zero-order valence-electron chi connectivity index (χ0n) is 10.0. The molecule has 1 aromatic carbocycles. The van der Waals surface area contributed by atoms with Gasteiger partial charge in [0.05, 0.1) is 11.6 Å². The summed E-state index contributed by atoms with van der Waals surface area (Å²) in [6, 6.07) is 5.52. The summed E-state index contributed by atoms with van der Waals surface area (Å²) in [5.41, 5.74) is 0.0604. The van der Waals surface area contributed by atoms with Crippen LogP contribution < -0.4 is 10.1 Å². The van der Waals surface area contributed by atoms with Gasteiger partial charge in [-0.15, -0.1) is 0 Å². The first-order valence-electron chi connectivity index (χ1n) is 6.01. The predicted octanol–water partition coefficient (Wildman–Crippen LogP) is 2.31. The summed E-state index contributed by atoms with van der Waals surface area (Å²) in [5.74, 6) is 0.672. The number of ether oxygens (including phenoxy) is 1. The van der Waals surface area contributed by atoms with E-state index in [0.29, 0.717) is 23.9 Å². The van der Waals surface area contributed by atoms with E-state index in [1.54, 1.807) is 6.07 Å². The van der Waals surface area contributed by atoms with Crippen molar-refractivity contribution in [1.29, 1.82) is 0 Å². The molecule has 94 valence electrons. The molecule has 0 radical (unpaired) electrons. The lowest BCUT2D eigenvalue weighted by atomic mass is 9.87. The standard InChI is InChI=1S/C13H18ClNO2/c1-2-17-12-5-4-10(8-11(12)14)13(16)6-3-7-15-9-13/h4-5,8,15-16H,2-3,6-7,9H2,1H3. The Hall–Kier alpha value is -0.770. The number of nitrogens with one attached hydrogen (secondary N) is 1. The van der Waals surface area contributed by atoms with Crippen molar-refractivity contribution < 1.29 is 9.84 Å². The third kappa shape index (κ3) is 2.73. The molecule has 4 heteroatoms. The van der Waals surface area contributed by atoms with Gasteiger partial charge in [-0.25, -0.2) is 0 Å². The van der Waals surface area contributed by atoms with Gasteiger partial charge in [-0.3, -0.25) is 0 Å². The van der Waals surface area contributed by atoms with E-state index in [1.165, 1.54) is 0 Å². The molecule has 1 heterocycles. The Kier molecular flexibility index (Phi) is 3.92. The minimum atomic E-state index is -0.799. The van der Waals surface area contributed by atoms with Crippen LogP contribution in [-0.4, -0.2) is 24.8 Å². The number of piperidine rings is 1. The van der Waals surface area contributed by atoms with E-state index in [2.05, 4.69) is 5.32 Å². The summed E-state index contributed by atoms with van der Waals surface area (Å²) in [6.45, 7) is 4.05. The predicted molar refractivity (Wildman–Crippen MR) is 68.6 cm³/mol. The highest BCUT2D eigenvalue weighted by Gasteiger charge is 2.31. The molecule has 1 aliphatic heterocycles. The molecule has 17 heavy (non-hydrogen) atoms. The largest absolute Gasteiger partial charge is 0.492 e. The minimum Gasteiger partial charge on any atom is -0.492 e. The number of benzene rings is 1. The highest BCUT2D eigenvalue weighted by atomic mass is 35.5. The number of halogens is 1. The average molecular weight is 256 g/mol. The molecule has 1 atom stereocenters. The Morgan fingerprint density at radius 3 is 2.94 bits per heavy atom. The number of hydrogen-bond donors (Lipinski definition) is 2. The maximum absolute atomic E-state index is 10.5. The summed E-state index contributed by atoms with van der Waals surface area (Å²) >= 11 is 6.13. The van der Waals surface area contributed by atoms with Crippen LogP contribution in [0.1, 0.15) is 25.3 Å². The van der Waals surface area contributed by atoms with Crippen LogP contribution in [0.15, 0.2) is 18.2 Å². The molecular formula is C13H18ClNO2. The van der Waals surface area contributed by atoms with Crippen LogP contribution in [0.25, 0.3) is 0 Å². The number of β-amino-alcohol motifs (C(OH)–C–C–N with tert-alkyl or cyclic N) is 1. The SMILES string of the molecule is CCOc1ccc(C2(O)CCCNC2)cc1Cl. The molecule has 3 nitrogen and oxygen atoms in total. The van der Waals surface area contributed by atoms with E-state index >= 15 is 0 Å². The van der Waals surface area contributed by atoms with Crippen molar-refractivity contribution in [3.8, 4) is 5.75 Å². The van der Waals surface area contributed by atoms with Crippen molar-refractivity contribution in [3.05, 3.63) is 28.8 Å². The van der Waals surface area contributed by atoms with Crippen molar-refractivity contribution in [2.75, 3.05) is 19.7 Å². The molecule has 0 amide bonds. The second-order valence-corrected chi connectivity index (χ2v) is 4.80. The molecule has 1 unspecified atom stereocenters. The van der Waals surface area contributed by atoms with Crippen molar-refractivity contribution in [3.63, 3.8) is 0 Å². The third-order valence-corrected chi connectivity index (χ3v) is 3.43. The Balaban J connectivity index is 2.24. The topological polar surface area (TPSA) is 41.5 Å². The molecule has 1 saturated heterocycles. The average Bonchev–Trinajstić information content (AvgIpc) is 2.33. The smallest absolute Gasteiger partial charge is 0.137 e. The monoisotopic (exact) mass is 255 g/mol. The Labute approximate surface area is 107 Å². The van der Waals surface area contributed by atoms with Gasteiger partial charge in [0.15, 0.2) is 0 Å². The van der Waals surface area contributed by atoms with Crippen LogP contribution in [-0.2, 0) is 5.60 Å². The van der Waals surface area contributed by atoms with Gasteiger partial charge >= 0.3 is 0 Å². The van der Waals surface area contributed by atoms with Crippen molar-refractivity contribution in [1.82, 2.24) is 5.32 Å². The van der Waals surface area contributed by atoms with Gasteiger partial charge in [-0.2, -0.15) is 0 Å². The van der Waals surface area contributed by atoms with Crippen LogP contribution >= 0.6 is 11.6 Å². The van der Waals surface area contributed by atoms with Crippen LogP contribution in [0.3, 0.4) is 0 Å². The highest BCUT2D eigenvalue weighted by Crippen LogP contribution is 2.33. The van der Waals surface area contributed by atoms with E-state index < -0.39 is 5.60 Å². The van der Waals surface area contributed by atoms with E-state index in [1.807, 2.05) is 19.1 Å².